The van der Waals surface area contributed by atoms with Gasteiger partial charge in [-0.1, -0.05) is 19.0 Å². The molecule has 4 fully saturated rings. The number of carbonyl (C=O) groups is 2. The highest BCUT2D eigenvalue weighted by Crippen LogP contribution is 2.65. The van der Waals surface area contributed by atoms with Crippen LogP contribution in [0.4, 0.5) is 0 Å². The summed E-state index contributed by atoms with van der Waals surface area (Å²) in [6.45, 7) is 4.79. The Kier molecular flexibility index (Phi) is 5.41. The van der Waals surface area contributed by atoms with Crippen molar-refractivity contribution in [2.75, 3.05) is 0 Å². The Bertz CT molecular complexity index is 705. The van der Waals surface area contributed by atoms with Crippen LogP contribution in [0, 0.1) is 34.5 Å². The second-order valence-corrected chi connectivity index (χ2v) is 10.5. The SMILES string of the molecule is C[C@]12CC[C@H](OC(=O)CCC(=O)O)C[C@@H]1CC[C@@H]1[C@@H]2CC[C@]2(C)/C(=N/O)CC[C@@H]12. The summed E-state index contributed by atoms with van der Waals surface area (Å²) in [5.74, 6) is 1.31. The molecule has 0 heterocycles. The fourth-order valence-corrected chi connectivity index (χ4v) is 7.73. The van der Waals surface area contributed by atoms with E-state index in [1.165, 1.54) is 19.3 Å². The highest BCUT2D eigenvalue weighted by atomic mass is 16.5. The molecule has 4 saturated carbocycles. The van der Waals surface area contributed by atoms with Crippen LogP contribution in [-0.4, -0.2) is 34.1 Å². The van der Waals surface area contributed by atoms with Crippen molar-refractivity contribution in [3.8, 4) is 0 Å². The van der Waals surface area contributed by atoms with Gasteiger partial charge in [0.05, 0.1) is 18.6 Å². The number of carboxylic acid groups (broad SMARTS) is 1. The molecule has 6 nitrogen and oxygen atoms in total. The third-order valence-corrected chi connectivity index (χ3v) is 9.32. The molecular weight excluding hydrogens is 370 g/mol. The van der Waals surface area contributed by atoms with Crippen LogP contribution >= 0.6 is 0 Å². The Balaban J connectivity index is 1.42. The summed E-state index contributed by atoms with van der Waals surface area (Å²) in [7, 11) is 0. The smallest absolute Gasteiger partial charge is 0.306 e. The van der Waals surface area contributed by atoms with Gasteiger partial charge in [-0.25, -0.2) is 0 Å². The topological polar surface area (TPSA) is 96.2 Å². The summed E-state index contributed by atoms with van der Waals surface area (Å²) < 4.78 is 5.64. The number of rotatable bonds is 4. The second kappa shape index (κ2) is 7.59. The molecule has 4 rings (SSSR count). The van der Waals surface area contributed by atoms with Gasteiger partial charge in [0.15, 0.2) is 0 Å². The number of hydrogen-bond donors (Lipinski definition) is 2. The minimum atomic E-state index is -0.956. The van der Waals surface area contributed by atoms with Crippen LogP contribution in [0.1, 0.15) is 84.5 Å². The van der Waals surface area contributed by atoms with Crippen LogP contribution in [0.3, 0.4) is 0 Å². The molecule has 0 radical (unpaired) electrons. The average molecular weight is 406 g/mol. The molecule has 7 atom stereocenters. The van der Waals surface area contributed by atoms with Crippen molar-refractivity contribution in [2.24, 2.45) is 39.7 Å². The van der Waals surface area contributed by atoms with Gasteiger partial charge in [0, 0.05) is 5.41 Å². The Morgan fingerprint density at radius 3 is 2.59 bits per heavy atom. The third kappa shape index (κ3) is 3.46. The van der Waals surface area contributed by atoms with E-state index in [0.29, 0.717) is 29.1 Å². The monoisotopic (exact) mass is 405 g/mol. The minimum Gasteiger partial charge on any atom is -0.481 e. The Morgan fingerprint density at radius 2 is 1.86 bits per heavy atom. The van der Waals surface area contributed by atoms with Gasteiger partial charge in [-0.05, 0) is 86.9 Å². The number of esters is 1. The molecule has 0 amide bonds. The molecule has 4 aliphatic carbocycles. The molecule has 29 heavy (non-hydrogen) atoms. The highest BCUT2D eigenvalue weighted by molar-refractivity contribution is 5.92. The molecule has 162 valence electrons. The maximum atomic E-state index is 12.0. The number of aliphatic carboxylic acids is 1. The lowest BCUT2D eigenvalue weighted by Gasteiger charge is -2.60. The minimum absolute atomic E-state index is 0.0343. The number of carbonyl (C=O) groups excluding carboxylic acids is 1. The van der Waals surface area contributed by atoms with Crippen molar-refractivity contribution < 1.29 is 24.6 Å². The van der Waals surface area contributed by atoms with E-state index in [1.54, 1.807) is 0 Å². The number of carboxylic acids is 1. The van der Waals surface area contributed by atoms with Crippen LogP contribution in [0.15, 0.2) is 5.16 Å². The van der Waals surface area contributed by atoms with Gasteiger partial charge in [0.25, 0.3) is 0 Å². The third-order valence-electron chi connectivity index (χ3n) is 9.32. The first-order chi connectivity index (χ1) is 13.8. The molecule has 0 aromatic heterocycles. The van der Waals surface area contributed by atoms with E-state index in [4.69, 9.17) is 9.84 Å². The highest BCUT2D eigenvalue weighted by Gasteiger charge is 2.59. The van der Waals surface area contributed by atoms with Gasteiger partial charge in [-0.2, -0.15) is 0 Å². The quantitative estimate of drug-likeness (QED) is 0.404. The van der Waals surface area contributed by atoms with Gasteiger partial charge < -0.3 is 15.1 Å². The summed E-state index contributed by atoms with van der Waals surface area (Å²) in [4.78, 5) is 22.7. The van der Waals surface area contributed by atoms with Crippen molar-refractivity contribution in [3.05, 3.63) is 0 Å². The predicted octanol–water partition coefficient (Wildman–Crippen LogP) is 4.64. The van der Waals surface area contributed by atoms with Gasteiger partial charge in [-0.15, -0.1) is 0 Å². The lowest BCUT2D eigenvalue weighted by Crippen LogP contribution is -2.54. The summed E-state index contributed by atoms with van der Waals surface area (Å²) in [6, 6.07) is 0. The van der Waals surface area contributed by atoms with Gasteiger partial charge in [-0.3, -0.25) is 9.59 Å². The summed E-state index contributed by atoms with van der Waals surface area (Å²) in [6.07, 6.45) is 9.47. The van der Waals surface area contributed by atoms with Crippen LogP contribution in [-0.2, 0) is 14.3 Å². The second-order valence-electron chi connectivity index (χ2n) is 10.5. The average Bonchev–Trinajstić information content (AvgIpc) is 3.03. The molecule has 0 aliphatic heterocycles. The lowest BCUT2D eigenvalue weighted by molar-refractivity contribution is -0.162. The van der Waals surface area contributed by atoms with Crippen LogP contribution < -0.4 is 0 Å². The normalized spacial score (nSPS) is 45.2. The van der Waals surface area contributed by atoms with E-state index < -0.39 is 5.97 Å². The Morgan fingerprint density at radius 1 is 1.07 bits per heavy atom. The zero-order valence-electron chi connectivity index (χ0n) is 17.7. The van der Waals surface area contributed by atoms with Crippen LogP contribution in [0.2, 0.25) is 0 Å². The molecular formula is C23H35NO5. The number of fused-ring (bicyclic) bond motifs is 5. The number of ether oxygens (including phenoxy) is 1. The molecule has 0 spiro atoms. The van der Waals surface area contributed by atoms with E-state index in [-0.39, 0.29) is 30.3 Å². The summed E-state index contributed by atoms with van der Waals surface area (Å²) >= 11 is 0. The molecule has 0 unspecified atom stereocenters. The van der Waals surface area contributed by atoms with E-state index in [2.05, 4.69) is 19.0 Å². The maximum Gasteiger partial charge on any atom is 0.306 e. The zero-order valence-corrected chi connectivity index (χ0v) is 17.7. The fourth-order valence-electron chi connectivity index (χ4n) is 7.73. The zero-order chi connectivity index (χ0) is 20.8. The predicted molar refractivity (Wildman–Crippen MR) is 108 cm³/mol. The van der Waals surface area contributed by atoms with Crippen molar-refractivity contribution >= 4 is 17.7 Å². The fraction of sp³-hybridized carbons (Fsp3) is 0.870. The first-order valence-electron chi connectivity index (χ1n) is 11.4. The van der Waals surface area contributed by atoms with E-state index in [9.17, 15) is 14.8 Å². The molecule has 0 bridgehead atoms. The van der Waals surface area contributed by atoms with E-state index in [1.807, 2.05) is 0 Å². The number of nitrogens with zero attached hydrogens (tertiary/aromatic N) is 1. The lowest BCUT2D eigenvalue weighted by atomic mass is 9.45. The van der Waals surface area contributed by atoms with E-state index in [0.717, 1.165) is 44.2 Å². The van der Waals surface area contributed by atoms with Gasteiger partial charge in [0.1, 0.15) is 6.10 Å². The van der Waals surface area contributed by atoms with Crippen molar-refractivity contribution in [2.45, 2.75) is 90.6 Å². The van der Waals surface area contributed by atoms with Crippen molar-refractivity contribution in [1.82, 2.24) is 0 Å². The first kappa shape index (κ1) is 20.7. The molecule has 0 aromatic carbocycles. The largest absolute Gasteiger partial charge is 0.481 e. The van der Waals surface area contributed by atoms with Crippen LogP contribution in [0.5, 0.6) is 0 Å². The Labute approximate surface area is 173 Å². The molecule has 4 aliphatic rings. The summed E-state index contributed by atoms with van der Waals surface area (Å²) in [5, 5.41) is 21.9. The number of oxime groups is 1. The first-order valence-corrected chi connectivity index (χ1v) is 11.4. The summed E-state index contributed by atoms with van der Waals surface area (Å²) in [5.41, 5.74) is 1.40. The number of hydrogen-bond acceptors (Lipinski definition) is 5. The molecule has 6 heteroatoms. The van der Waals surface area contributed by atoms with Crippen LogP contribution in [0.25, 0.3) is 0 Å². The van der Waals surface area contributed by atoms with Crippen molar-refractivity contribution in [1.29, 1.82) is 0 Å². The van der Waals surface area contributed by atoms with Crippen molar-refractivity contribution in [3.63, 3.8) is 0 Å². The van der Waals surface area contributed by atoms with Gasteiger partial charge >= 0.3 is 11.9 Å². The molecule has 0 saturated heterocycles. The molecule has 2 N–H and O–H groups in total. The standard InChI is InChI=1S/C23H35NO5/c1-22-11-9-15(29-21(27)8-7-20(25)26)13-14(22)3-4-16-17-5-6-19(24-28)23(17,2)12-10-18(16)22/h14-18,28H,3-13H2,1-2H3,(H,25,26)/b24-19+/t14-,15-,16-,17-,18-,22-,23-/m0/s1. The van der Waals surface area contributed by atoms with E-state index >= 15 is 0 Å². The Hall–Kier alpha value is -1.59. The van der Waals surface area contributed by atoms with Gasteiger partial charge in [0.2, 0.25) is 0 Å². The maximum absolute atomic E-state index is 12.0. The molecule has 0 aromatic rings.